The van der Waals surface area contributed by atoms with Gasteiger partial charge in [-0.25, -0.2) is 0 Å². The Hall–Kier alpha value is -0.610. The predicted octanol–water partition coefficient (Wildman–Crippen LogP) is -0.0274. The Morgan fingerprint density at radius 1 is 1.69 bits per heavy atom. The number of esters is 1. The van der Waals surface area contributed by atoms with Crippen molar-refractivity contribution in [3.05, 3.63) is 0 Å². The van der Waals surface area contributed by atoms with Gasteiger partial charge in [0, 0.05) is 12.1 Å². The fraction of sp³-hybridized carbons (Fsp3) is 0.889. The van der Waals surface area contributed by atoms with Gasteiger partial charge in [0.05, 0.1) is 13.5 Å². The molecule has 0 aliphatic carbocycles. The number of ether oxygens (including phenoxy) is 1. The van der Waals surface area contributed by atoms with Crippen LogP contribution in [0.5, 0.6) is 0 Å². The quantitative estimate of drug-likeness (QED) is 0.615. The van der Waals surface area contributed by atoms with Gasteiger partial charge in [0.15, 0.2) is 0 Å². The second-order valence-electron chi connectivity index (χ2n) is 3.96. The summed E-state index contributed by atoms with van der Waals surface area (Å²) in [6, 6.07) is 0. The highest BCUT2D eigenvalue weighted by Crippen LogP contribution is 2.21. The monoisotopic (exact) mass is 186 g/mol. The Labute approximate surface area is 79.0 Å². The molecule has 1 aliphatic heterocycles. The minimum absolute atomic E-state index is 0.210. The van der Waals surface area contributed by atoms with Crippen LogP contribution in [0.4, 0.5) is 0 Å². The molecule has 0 aromatic heterocycles. The number of nitrogens with two attached hydrogens (primary N) is 1. The Bertz CT molecular complexity index is 196. The van der Waals surface area contributed by atoms with Crippen LogP contribution < -0.4 is 5.73 Å². The highest BCUT2D eigenvalue weighted by atomic mass is 16.5. The number of likely N-dealkylation sites (tertiary alicyclic amines) is 1. The first-order valence-corrected chi connectivity index (χ1v) is 4.60. The smallest absolute Gasteiger partial charge is 0.307 e. The summed E-state index contributed by atoms with van der Waals surface area (Å²) in [6.45, 7) is 1.85. The Balaban J connectivity index is 2.49. The summed E-state index contributed by atoms with van der Waals surface area (Å²) < 4.78 is 4.62. The lowest BCUT2D eigenvalue weighted by Crippen LogP contribution is -2.54. The zero-order valence-corrected chi connectivity index (χ0v) is 8.38. The van der Waals surface area contributed by atoms with E-state index >= 15 is 0 Å². The van der Waals surface area contributed by atoms with Crippen LogP contribution >= 0.6 is 0 Å². The minimum atomic E-state index is -0.375. The van der Waals surface area contributed by atoms with Gasteiger partial charge in [-0.2, -0.15) is 0 Å². The SMILES string of the molecule is COC(=O)CC1(N)CCCN(C)C1. The number of nitrogens with zero attached hydrogens (tertiary/aromatic N) is 1. The Morgan fingerprint density at radius 3 is 2.92 bits per heavy atom. The van der Waals surface area contributed by atoms with Crippen molar-refractivity contribution in [1.29, 1.82) is 0 Å². The average Bonchev–Trinajstić information content (AvgIpc) is 2.02. The third kappa shape index (κ3) is 2.97. The summed E-state index contributed by atoms with van der Waals surface area (Å²) in [5, 5.41) is 0. The van der Waals surface area contributed by atoms with Gasteiger partial charge in [-0.1, -0.05) is 0 Å². The third-order valence-electron chi connectivity index (χ3n) is 2.52. The molecule has 1 aliphatic rings. The van der Waals surface area contributed by atoms with Crippen molar-refractivity contribution in [2.75, 3.05) is 27.2 Å². The van der Waals surface area contributed by atoms with Crippen molar-refractivity contribution in [2.45, 2.75) is 24.8 Å². The summed E-state index contributed by atoms with van der Waals surface area (Å²) in [4.78, 5) is 13.2. The molecule has 0 spiro atoms. The van der Waals surface area contributed by atoms with Crippen molar-refractivity contribution in [1.82, 2.24) is 4.90 Å². The van der Waals surface area contributed by atoms with Crippen molar-refractivity contribution in [3.63, 3.8) is 0 Å². The number of carbonyl (C=O) groups is 1. The molecule has 76 valence electrons. The summed E-state index contributed by atoms with van der Waals surface area (Å²) >= 11 is 0. The number of methoxy groups -OCH3 is 1. The highest BCUT2D eigenvalue weighted by Gasteiger charge is 2.32. The molecule has 0 saturated carbocycles. The van der Waals surface area contributed by atoms with E-state index in [-0.39, 0.29) is 11.5 Å². The third-order valence-corrected chi connectivity index (χ3v) is 2.52. The van der Waals surface area contributed by atoms with Crippen LogP contribution in [0.1, 0.15) is 19.3 Å². The van der Waals surface area contributed by atoms with Gasteiger partial charge in [0.2, 0.25) is 0 Å². The van der Waals surface area contributed by atoms with Gasteiger partial charge in [-0.15, -0.1) is 0 Å². The van der Waals surface area contributed by atoms with Gasteiger partial charge >= 0.3 is 5.97 Å². The van der Waals surface area contributed by atoms with Crippen molar-refractivity contribution in [3.8, 4) is 0 Å². The first-order valence-electron chi connectivity index (χ1n) is 4.60. The molecule has 0 amide bonds. The van der Waals surface area contributed by atoms with Crippen molar-refractivity contribution < 1.29 is 9.53 Å². The lowest BCUT2D eigenvalue weighted by molar-refractivity contribution is -0.142. The van der Waals surface area contributed by atoms with E-state index < -0.39 is 0 Å². The van der Waals surface area contributed by atoms with Crippen molar-refractivity contribution >= 4 is 5.97 Å². The second kappa shape index (κ2) is 4.07. The molecule has 1 heterocycles. The summed E-state index contributed by atoms with van der Waals surface area (Å²) in [5.41, 5.74) is 5.71. The van der Waals surface area contributed by atoms with Crippen molar-refractivity contribution in [2.24, 2.45) is 5.73 Å². The van der Waals surface area contributed by atoms with E-state index in [1.165, 1.54) is 7.11 Å². The molecular formula is C9H18N2O2. The molecule has 1 rings (SSSR count). The zero-order valence-electron chi connectivity index (χ0n) is 8.38. The maximum atomic E-state index is 11.1. The van der Waals surface area contributed by atoms with Gasteiger partial charge in [0.25, 0.3) is 0 Å². The normalized spacial score (nSPS) is 30.1. The largest absolute Gasteiger partial charge is 0.469 e. The Kier molecular flexibility index (Phi) is 3.27. The fourth-order valence-electron chi connectivity index (χ4n) is 1.90. The number of hydrogen-bond acceptors (Lipinski definition) is 4. The van der Waals surface area contributed by atoms with Crippen LogP contribution in [0.3, 0.4) is 0 Å². The lowest BCUT2D eigenvalue weighted by atomic mass is 9.87. The van der Waals surface area contributed by atoms with Crippen LogP contribution in [-0.2, 0) is 9.53 Å². The summed E-state index contributed by atoms with van der Waals surface area (Å²) in [7, 11) is 3.43. The predicted molar refractivity (Wildman–Crippen MR) is 50.3 cm³/mol. The van der Waals surface area contributed by atoms with E-state index in [0.29, 0.717) is 6.42 Å². The molecule has 13 heavy (non-hydrogen) atoms. The number of piperidine rings is 1. The van der Waals surface area contributed by atoms with Crippen LogP contribution in [0, 0.1) is 0 Å². The molecule has 1 unspecified atom stereocenters. The van der Waals surface area contributed by atoms with Crippen LogP contribution in [0.25, 0.3) is 0 Å². The fourth-order valence-corrected chi connectivity index (χ4v) is 1.90. The molecule has 0 aromatic carbocycles. The average molecular weight is 186 g/mol. The summed E-state index contributed by atoms with van der Waals surface area (Å²) in [6.07, 6.45) is 2.30. The molecule has 1 saturated heterocycles. The molecule has 2 N–H and O–H groups in total. The number of rotatable bonds is 2. The molecule has 0 aromatic rings. The summed E-state index contributed by atoms with van der Waals surface area (Å²) in [5.74, 6) is -0.210. The Morgan fingerprint density at radius 2 is 2.38 bits per heavy atom. The van der Waals surface area contributed by atoms with Gasteiger partial charge in [0.1, 0.15) is 0 Å². The first-order chi connectivity index (χ1) is 6.06. The first kappa shape index (κ1) is 10.5. The highest BCUT2D eigenvalue weighted by molar-refractivity contribution is 5.70. The number of likely N-dealkylation sites (N-methyl/N-ethyl adjacent to an activating group) is 1. The zero-order chi connectivity index (χ0) is 9.90. The van der Waals surface area contributed by atoms with E-state index in [9.17, 15) is 4.79 Å². The lowest BCUT2D eigenvalue weighted by Gasteiger charge is -2.37. The van der Waals surface area contributed by atoms with E-state index in [1.807, 2.05) is 7.05 Å². The van der Waals surface area contributed by atoms with Crippen LogP contribution in [0.2, 0.25) is 0 Å². The minimum Gasteiger partial charge on any atom is -0.469 e. The molecule has 1 fully saturated rings. The number of carbonyl (C=O) groups excluding carboxylic acids is 1. The molecule has 0 bridgehead atoms. The second-order valence-corrected chi connectivity index (χ2v) is 3.96. The van der Waals surface area contributed by atoms with E-state index in [2.05, 4.69) is 9.64 Å². The van der Waals surface area contributed by atoms with E-state index in [4.69, 9.17) is 5.73 Å². The van der Waals surface area contributed by atoms with Gasteiger partial charge in [-0.05, 0) is 26.4 Å². The van der Waals surface area contributed by atoms with E-state index in [0.717, 1.165) is 25.9 Å². The van der Waals surface area contributed by atoms with E-state index in [1.54, 1.807) is 0 Å². The molecular weight excluding hydrogens is 168 g/mol. The molecule has 4 nitrogen and oxygen atoms in total. The van der Waals surface area contributed by atoms with Gasteiger partial charge < -0.3 is 15.4 Å². The molecule has 1 atom stereocenters. The van der Waals surface area contributed by atoms with Gasteiger partial charge in [-0.3, -0.25) is 4.79 Å². The molecule has 4 heteroatoms. The topological polar surface area (TPSA) is 55.6 Å². The molecule has 0 radical (unpaired) electrons. The van der Waals surface area contributed by atoms with Crippen LogP contribution in [-0.4, -0.2) is 43.7 Å². The maximum absolute atomic E-state index is 11.1. The number of hydrogen-bond donors (Lipinski definition) is 1. The maximum Gasteiger partial charge on any atom is 0.307 e. The van der Waals surface area contributed by atoms with Crippen LogP contribution in [0.15, 0.2) is 0 Å². The standard InChI is InChI=1S/C9H18N2O2/c1-11-5-3-4-9(10,7-11)6-8(12)13-2/h3-7,10H2,1-2H3.